The van der Waals surface area contributed by atoms with Gasteiger partial charge in [-0.3, -0.25) is 13.9 Å². The lowest BCUT2D eigenvalue weighted by Gasteiger charge is -2.24. The molecule has 17 heteroatoms. The van der Waals surface area contributed by atoms with E-state index in [0.29, 0.717) is 21.9 Å². The smallest absolute Gasteiger partial charge is 0.304 e. The summed E-state index contributed by atoms with van der Waals surface area (Å²) >= 11 is 6.36. The SMILES string of the molecule is CC(C)(O)C#Cc1ccc(-c2ccc(Cl)n3c(N)nnc23)c(C(Cc2cc(F)cc(F)c2)NC(=O)Cn2nc(C(F)F)c3c2C(F)(F)C2C#CC32)n1. The molecule has 4 aromatic heterocycles. The number of aromatic nitrogens is 6. The van der Waals surface area contributed by atoms with Gasteiger partial charge < -0.3 is 16.2 Å². The van der Waals surface area contributed by atoms with E-state index in [1.165, 1.54) is 30.4 Å². The van der Waals surface area contributed by atoms with Crippen LogP contribution in [0, 0.1) is 41.2 Å². The van der Waals surface area contributed by atoms with E-state index < -0.39 is 76.9 Å². The van der Waals surface area contributed by atoms with Crippen LogP contribution in [0.5, 0.6) is 0 Å². The molecule has 3 atom stereocenters. The summed E-state index contributed by atoms with van der Waals surface area (Å²) in [4.78, 5) is 18.5. The lowest BCUT2D eigenvalue weighted by Crippen LogP contribution is -2.36. The number of alkyl halides is 4. The van der Waals surface area contributed by atoms with Crippen molar-refractivity contribution in [2.75, 3.05) is 5.73 Å². The van der Waals surface area contributed by atoms with E-state index in [0.717, 1.165) is 12.1 Å². The third-order valence-electron chi connectivity index (χ3n) is 8.53. The molecule has 1 amide bonds. The van der Waals surface area contributed by atoms with Gasteiger partial charge in [0.1, 0.15) is 51.9 Å². The lowest BCUT2D eigenvalue weighted by molar-refractivity contribution is -0.123. The quantitative estimate of drug-likeness (QED) is 0.109. The highest BCUT2D eigenvalue weighted by Crippen LogP contribution is 2.57. The Hall–Kier alpha value is -5.58. The highest BCUT2D eigenvalue weighted by Gasteiger charge is 2.60. The number of halogens is 7. The Morgan fingerprint density at radius 2 is 1.81 bits per heavy atom. The van der Waals surface area contributed by atoms with Crippen LogP contribution in [0.3, 0.4) is 0 Å². The van der Waals surface area contributed by atoms with Crippen molar-refractivity contribution in [3.63, 3.8) is 0 Å². The minimum Gasteiger partial charge on any atom is -0.378 e. The molecule has 2 aliphatic rings. The molecule has 0 spiro atoms. The van der Waals surface area contributed by atoms with E-state index in [1.807, 2.05) is 0 Å². The van der Waals surface area contributed by atoms with Crippen LogP contribution in [0.25, 0.3) is 16.8 Å². The number of carbonyl (C=O) groups excluding carboxylic acids is 1. The van der Waals surface area contributed by atoms with Crippen LogP contribution in [0.4, 0.5) is 32.3 Å². The Morgan fingerprint density at radius 1 is 1.10 bits per heavy atom. The number of nitrogen functional groups attached to an aromatic ring is 1. The van der Waals surface area contributed by atoms with Gasteiger partial charge in [-0.25, -0.2) is 22.5 Å². The lowest BCUT2D eigenvalue weighted by atomic mass is 9.84. The summed E-state index contributed by atoms with van der Waals surface area (Å²) < 4.78 is 89.6. The molecule has 52 heavy (non-hydrogen) atoms. The van der Waals surface area contributed by atoms with Crippen LogP contribution in [0.15, 0.2) is 42.5 Å². The number of hydrogen-bond acceptors (Lipinski definition) is 7. The Morgan fingerprint density at radius 3 is 2.46 bits per heavy atom. The summed E-state index contributed by atoms with van der Waals surface area (Å²) in [6, 6.07) is 7.61. The zero-order valence-electron chi connectivity index (χ0n) is 27.0. The van der Waals surface area contributed by atoms with Crippen molar-refractivity contribution in [2.45, 2.75) is 56.7 Å². The van der Waals surface area contributed by atoms with Gasteiger partial charge in [0.25, 0.3) is 6.43 Å². The highest BCUT2D eigenvalue weighted by molar-refractivity contribution is 6.30. The molecule has 0 saturated heterocycles. The topological polar surface area (TPSA) is 136 Å². The number of rotatable bonds is 8. The Bertz CT molecular complexity index is 2400. The first kappa shape index (κ1) is 34.9. The highest BCUT2D eigenvalue weighted by atomic mass is 35.5. The third-order valence-corrected chi connectivity index (χ3v) is 8.83. The first-order valence-corrected chi connectivity index (χ1v) is 16.0. The van der Waals surface area contributed by atoms with Crippen molar-refractivity contribution >= 4 is 29.1 Å². The zero-order valence-corrected chi connectivity index (χ0v) is 27.8. The number of nitrogens with zero attached hydrogens (tertiary/aromatic N) is 6. The summed E-state index contributed by atoms with van der Waals surface area (Å²) in [5.41, 5.74) is 3.49. The number of carbonyl (C=O) groups is 1. The van der Waals surface area contributed by atoms with Crippen molar-refractivity contribution in [3.8, 4) is 34.8 Å². The molecule has 0 fully saturated rings. The molecule has 2 aliphatic carbocycles. The number of benzene rings is 1. The van der Waals surface area contributed by atoms with E-state index in [9.17, 15) is 27.5 Å². The summed E-state index contributed by atoms with van der Waals surface area (Å²) in [5, 5.41) is 24.8. The predicted molar refractivity (Wildman–Crippen MR) is 175 cm³/mol. The number of amides is 1. The van der Waals surface area contributed by atoms with Crippen LogP contribution in [0.1, 0.15) is 66.1 Å². The van der Waals surface area contributed by atoms with Crippen LogP contribution in [0.2, 0.25) is 5.15 Å². The predicted octanol–water partition coefficient (Wildman–Crippen LogP) is 5.48. The largest absolute Gasteiger partial charge is 0.378 e. The molecular formula is C35H25ClF6N8O2. The van der Waals surface area contributed by atoms with Gasteiger partial charge in [0.05, 0.1) is 17.7 Å². The van der Waals surface area contributed by atoms with E-state index in [2.05, 4.69) is 49.3 Å². The van der Waals surface area contributed by atoms with Gasteiger partial charge in [-0.2, -0.15) is 13.9 Å². The normalized spacial score (nSPS) is 17.4. The maximum atomic E-state index is 15.4. The van der Waals surface area contributed by atoms with Gasteiger partial charge in [0, 0.05) is 22.8 Å². The minimum atomic E-state index is -3.66. The van der Waals surface area contributed by atoms with Crippen molar-refractivity contribution < 1.29 is 36.2 Å². The fourth-order valence-corrected chi connectivity index (χ4v) is 6.60. The van der Waals surface area contributed by atoms with Gasteiger partial charge >= 0.3 is 5.92 Å². The molecule has 0 bridgehead atoms. The second-order valence-corrected chi connectivity index (χ2v) is 13.2. The molecule has 1 aromatic carbocycles. The average molecular weight is 739 g/mol. The van der Waals surface area contributed by atoms with E-state index in [-0.39, 0.29) is 40.1 Å². The van der Waals surface area contributed by atoms with Gasteiger partial charge in [0.15, 0.2) is 5.65 Å². The first-order valence-electron chi connectivity index (χ1n) is 15.6. The van der Waals surface area contributed by atoms with Crippen LogP contribution in [-0.2, 0) is 23.7 Å². The van der Waals surface area contributed by atoms with Crippen molar-refractivity contribution in [3.05, 3.63) is 93.2 Å². The van der Waals surface area contributed by atoms with E-state index >= 15 is 8.78 Å². The molecule has 0 saturated carbocycles. The summed E-state index contributed by atoms with van der Waals surface area (Å²) in [6.07, 6.45) is -3.53. The second-order valence-electron chi connectivity index (χ2n) is 12.8. The number of nitrogens with one attached hydrogen (secondary N) is 1. The maximum absolute atomic E-state index is 15.4. The molecule has 266 valence electrons. The summed E-state index contributed by atoms with van der Waals surface area (Å²) in [5.74, 6) is 1.02. The fraction of sp³-hybridized carbons (Fsp3) is 0.286. The zero-order chi connectivity index (χ0) is 37.3. The van der Waals surface area contributed by atoms with Crippen LogP contribution >= 0.6 is 11.6 Å². The van der Waals surface area contributed by atoms with Crippen molar-refractivity contribution in [2.24, 2.45) is 5.92 Å². The van der Waals surface area contributed by atoms with Gasteiger partial charge in [-0.05, 0) is 68.2 Å². The average Bonchev–Trinajstić information content (AvgIpc) is 3.64. The van der Waals surface area contributed by atoms with Gasteiger partial charge in [-0.15, -0.1) is 10.2 Å². The molecule has 5 aromatic rings. The summed E-state index contributed by atoms with van der Waals surface area (Å²) in [6.45, 7) is 1.96. The number of hydrogen-bond donors (Lipinski definition) is 3. The molecule has 0 radical (unpaired) electrons. The van der Waals surface area contributed by atoms with Gasteiger partial charge in [0.2, 0.25) is 11.9 Å². The Labute approximate surface area is 296 Å². The Balaban J connectivity index is 1.35. The third kappa shape index (κ3) is 6.18. The number of fused-ring (bicyclic) bond motifs is 4. The molecule has 0 aliphatic heterocycles. The van der Waals surface area contributed by atoms with Crippen LogP contribution < -0.4 is 11.1 Å². The number of aliphatic hydroxyl groups is 1. The fourth-order valence-electron chi connectivity index (χ4n) is 6.37. The number of pyridine rings is 2. The number of anilines is 1. The molecule has 3 unspecified atom stereocenters. The van der Waals surface area contributed by atoms with E-state index in [1.54, 1.807) is 12.1 Å². The molecule has 4 N–H and O–H groups in total. The number of nitrogens with two attached hydrogens (primary N) is 1. The van der Waals surface area contributed by atoms with Crippen LogP contribution in [-0.4, -0.2) is 46.0 Å². The minimum absolute atomic E-state index is 0.0466. The van der Waals surface area contributed by atoms with Gasteiger partial charge in [-0.1, -0.05) is 29.4 Å². The molecule has 7 rings (SSSR count). The standard InChI is InChI=1S/C35H25ClF6N8O2/c1-34(2,52)10-9-19-3-4-20(21-6-8-25(36)50-32(21)46-47-33(50)43)28(44-19)24(13-16-11-17(37)14-18(38)12-16)45-26(51)15-49-30-27(29(48-49)31(39)40)22-5-7-23(22)35(30,41)42/h3-4,6,8,11-12,14,22-24,31,52H,13,15H2,1-2H3,(H2,43,47)(H,45,51). The second kappa shape index (κ2) is 12.6. The summed E-state index contributed by atoms with van der Waals surface area (Å²) in [7, 11) is 0. The molecule has 4 heterocycles. The van der Waals surface area contributed by atoms with Crippen molar-refractivity contribution in [1.29, 1.82) is 0 Å². The maximum Gasteiger partial charge on any atom is 0.304 e. The van der Waals surface area contributed by atoms with Crippen molar-refractivity contribution in [1.82, 2.24) is 34.7 Å². The monoisotopic (exact) mass is 738 g/mol. The first-order chi connectivity index (χ1) is 24.5. The molecular weight excluding hydrogens is 714 g/mol. The Kier molecular flexibility index (Phi) is 8.43. The van der Waals surface area contributed by atoms with E-state index in [4.69, 9.17) is 17.3 Å². The molecule has 10 nitrogen and oxygen atoms in total.